The molecule has 0 bridgehead atoms. The van der Waals surface area contributed by atoms with Crippen LogP contribution in [0.1, 0.15) is 5.69 Å². The van der Waals surface area contributed by atoms with Gasteiger partial charge < -0.3 is 10.6 Å². The van der Waals surface area contributed by atoms with E-state index in [0.29, 0.717) is 6.54 Å². The van der Waals surface area contributed by atoms with Gasteiger partial charge >= 0.3 is 0 Å². The fraction of sp³-hybridized carbons (Fsp3) is 0.118. The third-order valence-electron chi connectivity index (χ3n) is 3.22. The largest absolute Gasteiger partial charge is 0.323 e. The zero-order chi connectivity index (χ0) is 15.2. The number of amides is 1. The van der Waals surface area contributed by atoms with E-state index in [0.717, 1.165) is 22.3 Å². The molecule has 0 unspecified atom stereocenters. The summed E-state index contributed by atoms with van der Waals surface area (Å²) in [6.45, 7) is 0.780. The molecule has 0 aliphatic rings. The van der Waals surface area contributed by atoms with E-state index >= 15 is 0 Å². The number of benzene rings is 1. The van der Waals surface area contributed by atoms with E-state index in [-0.39, 0.29) is 12.5 Å². The lowest BCUT2D eigenvalue weighted by atomic mass is 10.2. The van der Waals surface area contributed by atoms with Gasteiger partial charge in [-0.3, -0.25) is 14.8 Å². The van der Waals surface area contributed by atoms with Crippen LogP contribution in [-0.2, 0) is 11.3 Å². The van der Waals surface area contributed by atoms with Gasteiger partial charge in [0.05, 0.1) is 23.4 Å². The number of nitrogens with zero attached hydrogens (tertiary/aromatic N) is 2. The lowest BCUT2D eigenvalue weighted by molar-refractivity contribution is -0.115. The molecule has 1 amide bonds. The van der Waals surface area contributed by atoms with Gasteiger partial charge in [0.15, 0.2) is 0 Å². The summed E-state index contributed by atoms with van der Waals surface area (Å²) in [6.07, 6.45) is 3.45. The Bertz CT molecular complexity index is 768. The molecule has 0 atom stereocenters. The quantitative estimate of drug-likeness (QED) is 0.757. The molecule has 5 nitrogen and oxygen atoms in total. The van der Waals surface area contributed by atoms with Gasteiger partial charge in [0, 0.05) is 24.3 Å². The van der Waals surface area contributed by atoms with Crippen molar-refractivity contribution in [2.24, 2.45) is 0 Å². The van der Waals surface area contributed by atoms with Crippen LogP contribution in [0.25, 0.3) is 10.9 Å². The Morgan fingerprint density at radius 1 is 0.955 bits per heavy atom. The van der Waals surface area contributed by atoms with Crippen LogP contribution in [0, 0.1) is 0 Å². The third-order valence-corrected chi connectivity index (χ3v) is 3.22. The SMILES string of the molecule is O=C(CNCc1ccccn1)Nc1cccc2cccnc12. The minimum Gasteiger partial charge on any atom is -0.323 e. The first-order chi connectivity index (χ1) is 10.8. The molecule has 0 fully saturated rings. The van der Waals surface area contributed by atoms with Crippen molar-refractivity contribution < 1.29 is 4.79 Å². The van der Waals surface area contributed by atoms with Crippen molar-refractivity contribution in [3.8, 4) is 0 Å². The fourth-order valence-electron chi connectivity index (χ4n) is 2.21. The molecular formula is C17H16N4O. The van der Waals surface area contributed by atoms with Gasteiger partial charge in [-0.2, -0.15) is 0 Å². The first kappa shape index (κ1) is 14.2. The van der Waals surface area contributed by atoms with Gasteiger partial charge in [0.2, 0.25) is 5.91 Å². The highest BCUT2D eigenvalue weighted by Gasteiger charge is 2.06. The van der Waals surface area contributed by atoms with Crippen LogP contribution in [0.2, 0.25) is 0 Å². The second kappa shape index (κ2) is 6.78. The number of aromatic nitrogens is 2. The Kier molecular flexibility index (Phi) is 4.36. The first-order valence-corrected chi connectivity index (χ1v) is 7.07. The Hall–Kier alpha value is -2.79. The van der Waals surface area contributed by atoms with Gasteiger partial charge in [-0.25, -0.2) is 0 Å². The van der Waals surface area contributed by atoms with E-state index < -0.39 is 0 Å². The van der Waals surface area contributed by atoms with E-state index in [4.69, 9.17) is 0 Å². The van der Waals surface area contributed by atoms with Crippen molar-refractivity contribution in [3.63, 3.8) is 0 Å². The predicted octanol–water partition coefficient (Wildman–Crippen LogP) is 2.36. The minimum absolute atomic E-state index is 0.103. The molecule has 1 aromatic carbocycles. The number of nitrogens with one attached hydrogen (secondary N) is 2. The van der Waals surface area contributed by atoms with Crippen molar-refractivity contribution in [1.82, 2.24) is 15.3 Å². The van der Waals surface area contributed by atoms with Crippen LogP contribution in [0.4, 0.5) is 5.69 Å². The van der Waals surface area contributed by atoms with Crippen LogP contribution in [0.5, 0.6) is 0 Å². The number of hydrogen-bond donors (Lipinski definition) is 2. The number of para-hydroxylation sites is 1. The zero-order valence-electron chi connectivity index (χ0n) is 12.0. The summed E-state index contributed by atoms with van der Waals surface area (Å²) in [4.78, 5) is 20.5. The lowest BCUT2D eigenvalue weighted by Crippen LogP contribution is -2.28. The summed E-state index contributed by atoms with van der Waals surface area (Å²) in [5, 5.41) is 6.96. The van der Waals surface area contributed by atoms with Gasteiger partial charge in [-0.1, -0.05) is 24.3 Å². The number of carbonyl (C=O) groups excluding carboxylic acids is 1. The van der Waals surface area contributed by atoms with Crippen molar-refractivity contribution >= 4 is 22.5 Å². The van der Waals surface area contributed by atoms with Crippen LogP contribution in [0.15, 0.2) is 60.9 Å². The number of fused-ring (bicyclic) bond motifs is 1. The highest BCUT2D eigenvalue weighted by atomic mass is 16.1. The molecule has 2 N–H and O–H groups in total. The summed E-state index contributed by atoms with van der Waals surface area (Å²) < 4.78 is 0. The summed E-state index contributed by atoms with van der Waals surface area (Å²) in [5.41, 5.74) is 2.42. The minimum atomic E-state index is -0.103. The van der Waals surface area contributed by atoms with Crippen LogP contribution in [-0.4, -0.2) is 22.4 Å². The van der Waals surface area contributed by atoms with Crippen LogP contribution < -0.4 is 10.6 Å². The second-order valence-electron chi connectivity index (χ2n) is 4.85. The van der Waals surface area contributed by atoms with Gasteiger partial charge in [-0.15, -0.1) is 0 Å². The molecule has 2 aromatic heterocycles. The average Bonchev–Trinajstić information content (AvgIpc) is 2.56. The van der Waals surface area contributed by atoms with Crippen molar-refractivity contribution in [2.45, 2.75) is 6.54 Å². The van der Waals surface area contributed by atoms with Crippen molar-refractivity contribution in [2.75, 3.05) is 11.9 Å². The molecule has 0 saturated carbocycles. The van der Waals surface area contributed by atoms with E-state index in [9.17, 15) is 4.79 Å². The Balaban J connectivity index is 1.59. The summed E-state index contributed by atoms with van der Waals surface area (Å²) in [6, 6.07) is 15.3. The maximum Gasteiger partial charge on any atom is 0.238 e. The molecule has 0 radical (unpaired) electrons. The zero-order valence-corrected chi connectivity index (χ0v) is 12.0. The maximum atomic E-state index is 12.0. The smallest absolute Gasteiger partial charge is 0.238 e. The number of pyridine rings is 2. The van der Waals surface area contributed by atoms with E-state index in [2.05, 4.69) is 20.6 Å². The number of hydrogen-bond acceptors (Lipinski definition) is 4. The Morgan fingerprint density at radius 3 is 2.68 bits per heavy atom. The van der Waals surface area contributed by atoms with E-state index in [1.165, 1.54) is 0 Å². The predicted molar refractivity (Wildman–Crippen MR) is 86.3 cm³/mol. The number of anilines is 1. The topological polar surface area (TPSA) is 66.9 Å². The van der Waals surface area contributed by atoms with Crippen molar-refractivity contribution in [1.29, 1.82) is 0 Å². The Morgan fingerprint density at radius 2 is 1.82 bits per heavy atom. The second-order valence-corrected chi connectivity index (χ2v) is 4.85. The Labute approximate surface area is 128 Å². The van der Waals surface area contributed by atoms with E-state index in [1.807, 2.05) is 48.5 Å². The fourth-order valence-corrected chi connectivity index (χ4v) is 2.21. The molecule has 0 aliphatic carbocycles. The normalized spacial score (nSPS) is 10.5. The highest BCUT2D eigenvalue weighted by Crippen LogP contribution is 2.20. The average molecular weight is 292 g/mol. The third kappa shape index (κ3) is 3.45. The molecule has 0 saturated heterocycles. The van der Waals surface area contributed by atoms with Gasteiger partial charge in [0.1, 0.15) is 0 Å². The highest BCUT2D eigenvalue weighted by molar-refractivity contribution is 6.00. The molecule has 110 valence electrons. The number of carbonyl (C=O) groups is 1. The van der Waals surface area contributed by atoms with Crippen molar-refractivity contribution in [3.05, 3.63) is 66.6 Å². The van der Waals surface area contributed by atoms with E-state index in [1.54, 1.807) is 12.4 Å². The molecule has 0 aliphatic heterocycles. The van der Waals surface area contributed by atoms with Gasteiger partial charge in [0.25, 0.3) is 0 Å². The standard InChI is InChI=1S/C17H16N4O/c22-16(12-18-11-14-7-1-2-9-19-14)21-15-8-3-5-13-6-4-10-20-17(13)15/h1-10,18H,11-12H2,(H,21,22). The molecule has 3 rings (SSSR count). The van der Waals surface area contributed by atoms with Gasteiger partial charge in [-0.05, 0) is 24.3 Å². The summed E-state index contributed by atoms with van der Waals surface area (Å²) >= 11 is 0. The van der Waals surface area contributed by atoms with Crippen LogP contribution >= 0.6 is 0 Å². The van der Waals surface area contributed by atoms with Crippen LogP contribution in [0.3, 0.4) is 0 Å². The first-order valence-electron chi connectivity index (χ1n) is 7.07. The molecule has 3 aromatic rings. The molecular weight excluding hydrogens is 276 g/mol. The lowest BCUT2D eigenvalue weighted by Gasteiger charge is -2.08. The molecule has 5 heteroatoms. The summed E-state index contributed by atoms with van der Waals surface area (Å²) in [7, 11) is 0. The molecule has 22 heavy (non-hydrogen) atoms. The molecule has 2 heterocycles. The summed E-state index contributed by atoms with van der Waals surface area (Å²) in [5.74, 6) is -0.103. The maximum absolute atomic E-state index is 12.0. The molecule has 0 spiro atoms. The number of rotatable bonds is 5. The monoisotopic (exact) mass is 292 g/mol.